The van der Waals surface area contributed by atoms with Gasteiger partial charge < -0.3 is 9.80 Å². The molecule has 37 heavy (non-hydrogen) atoms. The van der Waals surface area contributed by atoms with Gasteiger partial charge in [-0.2, -0.15) is 5.26 Å². The molecular formula is C28H30ClN5O2S. The second kappa shape index (κ2) is 13.1. The summed E-state index contributed by atoms with van der Waals surface area (Å²) < 4.78 is 1.52. The predicted molar refractivity (Wildman–Crippen MR) is 153 cm³/mol. The molecule has 2 aromatic heterocycles. The van der Waals surface area contributed by atoms with E-state index in [2.05, 4.69) is 30.8 Å². The Labute approximate surface area is 226 Å². The van der Waals surface area contributed by atoms with E-state index in [-0.39, 0.29) is 17.0 Å². The topological polar surface area (TPSA) is 82.2 Å². The molecule has 0 spiro atoms. The van der Waals surface area contributed by atoms with E-state index in [1.54, 1.807) is 35.7 Å². The first-order valence-corrected chi connectivity index (χ1v) is 13.4. The van der Waals surface area contributed by atoms with E-state index in [1.807, 2.05) is 41.3 Å². The lowest BCUT2D eigenvalue weighted by atomic mass is 10.1. The second-order valence-electron chi connectivity index (χ2n) is 8.45. The number of aromatic nitrogens is 2. The molecular weight excluding hydrogens is 506 g/mol. The van der Waals surface area contributed by atoms with E-state index in [9.17, 15) is 14.9 Å². The van der Waals surface area contributed by atoms with Gasteiger partial charge in [0.1, 0.15) is 17.3 Å². The van der Waals surface area contributed by atoms with E-state index in [0.29, 0.717) is 54.5 Å². The number of amides is 1. The van der Waals surface area contributed by atoms with E-state index in [4.69, 9.17) is 11.6 Å². The highest BCUT2D eigenvalue weighted by molar-refractivity contribution is 8.02. The molecule has 3 heterocycles. The number of thioether (sulfide) groups is 1. The fourth-order valence-electron chi connectivity index (χ4n) is 4.11. The maximum atomic E-state index is 13.3. The summed E-state index contributed by atoms with van der Waals surface area (Å²) in [6, 6.07) is 13.4. The van der Waals surface area contributed by atoms with Crippen molar-refractivity contribution in [3.63, 3.8) is 0 Å². The normalized spacial score (nSPS) is 13.5. The van der Waals surface area contributed by atoms with E-state index in [1.165, 1.54) is 15.7 Å². The molecule has 0 unspecified atom stereocenters. The minimum absolute atomic E-state index is 0.0167. The van der Waals surface area contributed by atoms with Crippen LogP contribution in [-0.2, 0) is 11.3 Å². The van der Waals surface area contributed by atoms with Crippen LogP contribution in [0.2, 0.25) is 5.02 Å². The molecule has 3 aromatic rings. The van der Waals surface area contributed by atoms with Crippen LogP contribution in [0.3, 0.4) is 0 Å². The molecule has 192 valence electrons. The smallest absolute Gasteiger partial charge is 0.272 e. The minimum Gasteiger partial charge on any atom is -0.366 e. The molecule has 0 atom stereocenters. The molecule has 0 aliphatic carbocycles. The fourth-order valence-corrected chi connectivity index (χ4v) is 4.50. The Kier molecular flexibility index (Phi) is 9.95. The Bertz CT molecular complexity index is 1400. The lowest BCUT2D eigenvalue weighted by Crippen LogP contribution is -2.48. The van der Waals surface area contributed by atoms with Crippen LogP contribution in [0.25, 0.3) is 11.0 Å². The van der Waals surface area contributed by atoms with Crippen molar-refractivity contribution < 1.29 is 4.79 Å². The van der Waals surface area contributed by atoms with E-state index in [0.717, 1.165) is 5.56 Å². The number of allylic oxidation sites excluding steroid dienone is 3. The summed E-state index contributed by atoms with van der Waals surface area (Å²) in [6.45, 7) is 9.58. The van der Waals surface area contributed by atoms with Crippen LogP contribution in [0.4, 0.5) is 5.69 Å². The SMILES string of the molecule is C=C/C=C(/C)SC.CC(=O)N1CCN(c2c(C#N)c(=O)n(Cc3ccccc3)c3ncc(Cl)cc23)CC1. The number of fused-ring (bicyclic) bond motifs is 1. The number of hydrogen-bond donors (Lipinski definition) is 0. The number of nitriles is 1. The minimum atomic E-state index is -0.382. The number of carbonyl (C=O) groups excluding carboxylic acids is 1. The Balaban J connectivity index is 0.000000479. The summed E-state index contributed by atoms with van der Waals surface area (Å²) in [5.41, 5.74) is 1.65. The standard InChI is InChI=1S/C22H20ClN5O2.C6H10S/c1-15(29)26-7-9-27(10-8-26)20-18-11-17(23)13-25-21(18)28(22(30)19(20)12-24)14-16-5-3-2-4-6-16;1-4-5-6(2)7-3/h2-6,11,13H,7-10,14H2,1H3;4-5H,1H2,2-3H3/b;6-5-. The largest absolute Gasteiger partial charge is 0.366 e. The Morgan fingerprint density at radius 2 is 1.89 bits per heavy atom. The molecule has 0 radical (unpaired) electrons. The van der Waals surface area contributed by atoms with Crippen molar-refractivity contribution in [2.75, 3.05) is 37.3 Å². The summed E-state index contributed by atoms with van der Waals surface area (Å²) in [5, 5.41) is 11.0. The number of benzene rings is 1. The van der Waals surface area contributed by atoms with Gasteiger partial charge in [0.2, 0.25) is 5.91 Å². The fraction of sp³-hybridized carbons (Fsp3) is 0.286. The number of carbonyl (C=O) groups is 1. The van der Waals surface area contributed by atoms with Crippen molar-refractivity contribution in [3.05, 3.63) is 92.7 Å². The highest BCUT2D eigenvalue weighted by Crippen LogP contribution is 2.30. The number of pyridine rings is 2. The van der Waals surface area contributed by atoms with Crippen LogP contribution in [-0.4, -0.2) is 52.8 Å². The molecule has 1 fully saturated rings. The first kappa shape index (κ1) is 28.0. The van der Waals surface area contributed by atoms with Crippen molar-refractivity contribution in [1.82, 2.24) is 14.5 Å². The number of rotatable bonds is 5. The summed E-state index contributed by atoms with van der Waals surface area (Å²) in [4.78, 5) is 34.5. The third-order valence-electron chi connectivity index (χ3n) is 6.05. The quantitative estimate of drug-likeness (QED) is 0.424. The number of anilines is 1. The van der Waals surface area contributed by atoms with Crippen LogP contribution in [0.5, 0.6) is 0 Å². The molecule has 4 rings (SSSR count). The van der Waals surface area contributed by atoms with Gasteiger partial charge in [-0.15, -0.1) is 11.8 Å². The van der Waals surface area contributed by atoms with Crippen LogP contribution < -0.4 is 10.5 Å². The van der Waals surface area contributed by atoms with E-state index < -0.39 is 0 Å². The van der Waals surface area contributed by atoms with Crippen molar-refractivity contribution in [1.29, 1.82) is 5.26 Å². The average molecular weight is 536 g/mol. The predicted octanol–water partition coefficient (Wildman–Crippen LogP) is 5.08. The molecule has 9 heteroatoms. The molecule has 0 saturated carbocycles. The Morgan fingerprint density at radius 1 is 1.22 bits per heavy atom. The van der Waals surface area contributed by atoms with Crippen LogP contribution in [0.1, 0.15) is 25.0 Å². The van der Waals surface area contributed by atoms with Crippen molar-refractivity contribution in [2.24, 2.45) is 0 Å². The average Bonchev–Trinajstić information content (AvgIpc) is 2.91. The van der Waals surface area contributed by atoms with Gasteiger partial charge in [-0.05, 0) is 29.7 Å². The Morgan fingerprint density at radius 3 is 2.43 bits per heavy atom. The van der Waals surface area contributed by atoms with Crippen molar-refractivity contribution >= 4 is 46.0 Å². The van der Waals surface area contributed by atoms with Gasteiger partial charge in [-0.1, -0.05) is 60.7 Å². The maximum absolute atomic E-state index is 13.3. The lowest BCUT2D eigenvalue weighted by molar-refractivity contribution is -0.129. The summed E-state index contributed by atoms with van der Waals surface area (Å²) in [7, 11) is 0. The maximum Gasteiger partial charge on any atom is 0.272 e. The molecule has 0 bridgehead atoms. The summed E-state index contributed by atoms with van der Waals surface area (Å²) in [6.07, 6.45) is 7.35. The third-order valence-corrected chi connectivity index (χ3v) is 7.04. The number of nitrogens with zero attached hydrogens (tertiary/aromatic N) is 5. The van der Waals surface area contributed by atoms with Crippen molar-refractivity contribution in [2.45, 2.75) is 20.4 Å². The van der Waals surface area contributed by atoms with Crippen molar-refractivity contribution in [3.8, 4) is 6.07 Å². The molecule has 1 aromatic carbocycles. The molecule has 1 aliphatic heterocycles. The molecule has 7 nitrogen and oxygen atoms in total. The highest BCUT2D eigenvalue weighted by Gasteiger charge is 2.26. The van der Waals surface area contributed by atoms with Gasteiger partial charge in [-0.25, -0.2) is 4.98 Å². The summed E-state index contributed by atoms with van der Waals surface area (Å²) >= 11 is 7.98. The second-order valence-corrected chi connectivity index (χ2v) is 9.94. The van der Waals surface area contributed by atoms with Crippen LogP contribution in [0, 0.1) is 11.3 Å². The Hall–Kier alpha value is -3.54. The number of piperazine rings is 1. The van der Waals surface area contributed by atoms with Gasteiger partial charge in [0.05, 0.1) is 17.3 Å². The monoisotopic (exact) mass is 535 g/mol. The molecule has 0 N–H and O–H groups in total. The first-order chi connectivity index (χ1) is 17.8. The van der Waals surface area contributed by atoms with Gasteiger partial charge in [0.15, 0.2) is 0 Å². The number of halogens is 1. The van der Waals surface area contributed by atoms with Gasteiger partial charge in [0.25, 0.3) is 5.56 Å². The van der Waals surface area contributed by atoms with Crippen LogP contribution >= 0.6 is 23.4 Å². The number of hydrogen-bond acceptors (Lipinski definition) is 6. The first-order valence-electron chi connectivity index (χ1n) is 11.8. The highest BCUT2D eigenvalue weighted by atomic mass is 35.5. The zero-order valence-electron chi connectivity index (χ0n) is 21.3. The molecule has 1 saturated heterocycles. The zero-order chi connectivity index (χ0) is 26.9. The summed E-state index contributed by atoms with van der Waals surface area (Å²) in [5.74, 6) is 0.0167. The van der Waals surface area contributed by atoms with Crippen LogP contribution in [0.15, 0.2) is 71.0 Å². The van der Waals surface area contributed by atoms with Gasteiger partial charge in [-0.3, -0.25) is 14.2 Å². The zero-order valence-corrected chi connectivity index (χ0v) is 22.8. The molecule has 1 aliphatic rings. The van der Waals surface area contributed by atoms with E-state index >= 15 is 0 Å². The van der Waals surface area contributed by atoms with Gasteiger partial charge in [0, 0.05) is 44.7 Å². The van der Waals surface area contributed by atoms with Gasteiger partial charge >= 0.3 is 0 Å². The molecule has 1 amide bonds. The lowest BCUT2D eigenvalue weighted by Gasteiger charge is -2.36. The third kappa shape index (κ3) is 6.82.